The summed E-state index contributed by atoms with van der Waals surface area (Å²) < 4.78 is 16.4. The minimum absolute atomic E-state index is 0.0747. The number of para-hydroxylation sites is 1. The third-order valence-corrected chi connectivity index (χ3v) is 6.55. The fourth-order valence-electron chi connectivity index (χ4n) is 3.89. The number of aliphatic carboxylic acids is 1. The van der Waals surface area contributed by atoms with E-state index in [1.807, 2.05) is 0 Å². The van der Waals surface area contributed by atoms with Crippen LogP contribution in [0.5, 0.6) is 11.5 Å². The fraction of sp³-hybridized carbons (Fsp3) is 0.474. The van der Waals surface area contributed by atoms with Crippen molar-refractivity contribution in [2.75, 3.05) is 31.9 Å². The first-order valence-electron chi connectivity index (χ1n) is 9.07. The van der Waals surface area contributed by atoms with Crippen LogP contribution in [0.2, 0.25) is 0 Å². The Balaban J connectivity index is 1.61. The van der Waals surface area contributed by atoms with Gasteiger partial charge in [-0.3, -0.25) is 9.69 Å². The number of rotatable bonds is 6. The fourth-order valence-corrected chi connectivity index (χ4v) is 5.30. The zero-order valence-electron chi connectivity index (χ0n) is 15.6. The molecule has 0 aliphatic carbocycles. The lowest BCUT2D eigenvalue weighted by Gasteiger charge is -2.50. The molecule has 2 fully saturated rings. The minimum Gasteiger partial charge on any atom is -0.494 e. The number of nitrogens with one attached hydrogen (secondary N) is 1. The Morgan fingerprint density at radius 3 is 2.61 bits per heavy atom. The van der Waals surface area contributed by atoms with Gasteiger partial charge in [0.1, 0.15) is 34.3 Å². The highest BCUT2D eigenvalue weighted by atomic mass is 32.2. The number of nitrogens with zero attached hydrogens (tertiary/aromatic N) is 1. The van der Waals surface area contributed by atoms with Crippen LogP contribution in [-0.4, -0.2) is 66.0 Å². The lowest BCUT2D eigenvalue weighted by molar-refractivity contribution is -0.147. The van der Waals surface area contributed by atoms with Gasteiger partial charge in [-0.1, -0.05) is 6.07 Å². The first kappa shape index (κ1) is 18.9. The molecule has 0 aromatic heterocycles. The maximum atomic E-state index is 12.9. The van der Waals surface area contributed by atoms with Crippen molar-refractivity contribution in [1.82, 2.24) is 4.90 Å². The second-order valence-corrected chi connectivity index (χ2v) is 7.86. The molecule has 1 aromatic rings. The van der Waals surface area contributed by atoms with Crippen LogP contribution in [0.4, 0.5) is 5.69 Å². The van der Waals surface area contributed by atoms with E-state index in [2.05, 4.69) is 5.32 Å². The molecule has 8 nitrogen and oxygen atoms in total. The highest BCUT2D eigenvalue weighted by Gasteiger charge is 2.54. The Bertz CT molecular complexity index is 813. The van der Waals surface area contributed by atoms with Gasteiger partial charge in [0.2, 0.25) is 0 Å². The summed E-state index contributed by atoms with van der Waals surface area (Å²) >= 11 is 1.55. The monoisotopic (exact) mass is 406 g/mol. The van der Waals surface area contributed by atoms with Crippen molar-refractivity contribution in [3.05, 3.63) is 29.5 Å². The van der Waals surface area contributed by atoms with Gasteiger partial charge < -0.3 is 24.6 Å². The van der Waals surface area contributed by atoms with Gasteiger partial charge in [0.15, 0.2) is 0 Å². The molecule has 3 atom stereocenters. The number of fused-ring (bicyclic) bond motifs is 1. The van der Waals surface area contributed by atoms with Crippen LogP contribution in [0.3, 0.4) is 0 Å². The van der Waals surface area contributed by atoms with Gasteiger partial charge in [0, 0.05) is 12.4 Å². The molecule has 3 aliphatic heterocycles. The molecular weight excluding hydrogens is 384 g/mol. The molecule has 0 radical (unpaired) electrons. The number of thioether (sulfide) groups is 1. The van der Waals surface area contributed by atoms with Crippen molar-refractivity contribution in [1.29, 1.82) is 0 Å². The average Bonchev–Trinajstić information content (AvgIpc) is 3.24. The number of β-lactam (4-membered cyclic amide) rings is 1. The summed E-state index contributed by atoms with van der Waals surface area (Å²) in [4.78, 5) is 26.2. The number of anilines is 1. The van der Waals surface area contributed by atoms with Crippen LogP contribution in [0.25, 0.3) is 0 Å². The molecule has 3 heterocycles. The van der Waals surface area contributed by atoms with Gasteiger partial charge >= 0.3 is 5.97 Å². The number of carbonyl (C=O) groups excluding carboxylic acids is 1. The molecular formula is C19H22N2O6S. The topological polar surface area (TPSA) is 97.3 Å². The number of methoxy groups -OCH3 is 2. The smallest absolute Gasteiger partial charge is 0.352 e. The predicted octanol–water partition coefficient (Wildman–Crippen LogP) is 1.92. The Labute approximate surface area is 166 Å². The van der Waals surface area contributed by atoms with Gasteiger partial charge in [-0.05, 0) is 30.5 Å². The van der Waals surface area contributed by atoms with Gasteiger partial charge in [-0.15, -0.1) is 11.8 Å². The molecule has 2 N–H and O–H groups in total. The maximum absolute atomic E-state index is 12.9. The molecule has 3 aliphatic rings. The van der Waals surface area contributed by atoms with E-state index in [1.165, 1.54) is 4.90 Å². The van der Waals surface area contributed by atoms with E-state index < -0.39 is 12.0 Å². The third-order valence-electron chi connectivity index (χ3n) is 5.25. The molecule has 9 heteroatoms. The lowest BCUT2D eigenvalue weighted by atomic mass is 9.99. The first-order chi connectivity index (χ1) is 13.6. The predicted molar refractivity (Wildman–Crippen MR) is 104 cm³/mol. The molecule has 4 rings (SSSR count). The molecule has 2 saturated heterocycles. The molecule has 0 spiro atoms. The summed E-state index contributed by atoms with van der Waals surface area (Å²) in [5, 5.41) is 12.7. The summed E-state index contributed by atoms with van der Waals surface area (Å²) in [7, 11) is 3.09. The van der Waals surface area contributed by atoms with Crippen molar-refractivity contribution in [2.45, 2.75) is 30.4 Å². The summed E-state index contributed by atoms with van der Waals surface area (Å²) in [5.41, 5.74) is 1.36. The summed E-state index contributed by atoms with van der Waals surface area (Å²) in [6.07, 6.45) is 1.48. The van der Waals surface area contributed by atoms with Crippen LogP contribution in [0.15, 0.2) is 29.5 Å². The standard InChI is InChI=1S/C19H22N2O6S/c1-25-12-5-3-6-13(26-2)14(12)20-15-17(22)21-16(19(23)24)10(9-28-18(15)21)11-7-4-8-27-11/h3,5-6,11,15,18,20H,4,7-9H2,1-2H3,(H,23,24)/t11-,15+,18+/m0/s1. The first-order valence-corrected chi connectivity index (χ1v) is 10.1. The molecule has 28 heavy (non-hydrogen) atoms. The second kappa shape index (κ2) is 7.56. The summed E-state index contributed by atoms with van der Waals surface area (Å²) in [6, 6.07) is 4.79. The molecule has 1 aromatic carbocycles. The molecule has 0 saturated carbocycles. The Morgan fingerprint density at radius 1 is 1.32 bits per heavy atom. The van der Waals surface area contributed by atoms with Crippen LogP contribution in [-0.2, 0) is 14.3 Å². The maximum Gasteiger partial charge on any atom is 0.352 e. The number of hydrogen-bond donors (Lipinski definition) is 2. The average molecular weight is 406 g/mol. The van der Waals surface area contributed by atoms with Crippen molar-refractivity contribution < 1.29 is 28.9 Å². The molecule has 0 unspecified atom stereocenters. The van der Waals surface area contributed by atoms with Crippen LogP contribution in [0.1, 0.15) is 12.8 Å². The Kier molecular flexibility index (Phi) is 5.11. The van der Waals surface area contributed by atoms with Crippen molar-refractivity contribution >= 4 is 29.3 Å². The minimum atomic E-state index is -1.09. The van der Waals surface area contributed by atoms with E-state index in [-0.39, 0.29) is 23.1 Å². The number of amides is 1. The van der Waals surface area contributed by atoms with Crippen molar-refractivity contribution in [3.8, 4) is 11.5 Å². The van der Waals surface area contributed by atoms with Crippen LogP contribution >= 0.6 is 11.8 Å². The SMILES string of the molecule is COc1cccc(OC)c1N[C@@H]1C(=O)N2C(C(=O)O)=C([C@@H]3CCCO3)CS[C@H]12. The zero-order chi connectivity index (χ0) is 19.8. The number of carbonyl (C=O) groups is 2. The summed E-state index contributed by atoms with van der Waals surface area (Å²) in [5.74, 6) is 0.276. The third kappa shape index (κ3) is 2.98. The van der Waals surface area contributed by atoms with Gasteiger partial charge in [0.05, 0.1) is 20.3 Å². The molecule has 150 valence electrons. The number of benzene rings is 1. The van der Waals surface area contributed by atoms with E-state index in [1.54, 1.807) is 44.2 Å². The van der Waals surface area contributed by atoms with Gasteiger partial charge in [0.25, 0.3) is 5.91 Å². The quantitative estimate of drug-likeness (QED) is 0.692. The Hall–Kier alpha value is -2.39. The summed E-state index contributed by atoms with van der Waals surface area (Å²) in [6.45, 7) is 0.626. The van der Waals surface area contributed by atoms with E-state index >= 15 is 0 Å². The van der Waals surface area contributed by atoms with Gasteiger partial charge in [-0.2, -0.15) is 0 Å². The van der Waals surface area contributed by atoms with E-state index in [4.69, 9.17) is 14.2 Å². The van der Waals surface area contributed by atoms with Crippen LogP contribution < -0.4 is 14.8 Å². The zero-order valence-corrected chi connectivity index (χ0v) is 16.5. The Morgan fingerprint density at radius 2 is 2.04 bits per heavy atom. The van der Waals surface area contributed by atoms with E-state index in [9.17, 15) is 14.7 Å². The normalized spacial score (nSPS) is 26.6. The highest BCUT2D eigenvalue weighted by molar-refractivity contribution is 8.00. The number of ether oxygens (including phenoxy) is 3. The van der Waals surface area contributed by atoms with E-state index in [0.717, 1.165) is 12.8 Å². The van der Waals surface area contributed by atoms with Gasteiger partial charge in [-0.25, -0.2) is 4.79 Å². The molecule has 0 bridgehead atoms. The number of hydrogen-bond acceptors (Lipinski definition) is 7. The second-order valence-electron chi connectivity index (χ2n) is 6.75. The molecule has 1 amide bonds. The largest absolute Gasteiger partial charge is 0.494 e. The highest BCUT2D eigenvalue weighted by Crippen LogP contribution is 2.45. The number of carboxylic acid groups (broad SMARTS) is 1. The van der Waals surface area contributed by atoms with Crippen molar-refractivity contribution in [2.24, 2.45) is 0 Å². The van der Waals surface area contributed by atoms with Crippen molar-refractivity contribution in [3.63, 3.8) is 0 Å². The van der Waals surface area contributed by atoms with E-state index in [0.29, 0.717) is 35.1 Å². The lowest BCUT2D eigenvalue weighted by Crippen LogP contribution is -2.68. The number of carboxylic acids is 1. The van der Waals surface area contributed by atoms with Crippen LogP contribution in [0, 0.1) is 0 Å².